The molecule has 10 heteroatoms. The Morgan fingerprint density at radius 1 is 0.804 bits per heavy atom. The van der Waals surface area contributed by atoms with Crippen LogP contribution in [0.4, 0.5) is 0 Å². The third-order valence-corrected chi connectivity index (χ3v) is 9.49. The van der Waals surface area contributed by atoms with Crippen molar-refractivity contribution in [1.29, 1.82) is 0 Å². The molecule has 46 heavy (non-hydrogen) atoms. The number of rotatable bonds is 8. The Labute approximate surface area is 267 Å². The van der Waals surface area contributed by atoms with Crippen molar-refractivity contribution in [3.8, 4) is 5.69 Å². The second-order valence-corrected chi connectivity index (χ2v) is 12.4. The van der Waals surface area contributed by atoms with E-state index in [0.29, 0.717) is 0 Å². The first-order chi connectivity index (χ1) is 21.9. The van der Waals surface area contributed by atoms with E-state index in [4.69, 9.17) is 25.2 Å². The summed E-state index contributed by atoms with van der Waals surface area (Å²) in [6, 6.07) is 30.8. The molecule has 0 unspecified atom stereocenters. The van der Waals surface area contributed by atoms with Gasteiger partial charge in [0.25, 0.3) is 0 Å². The second kappa shape index (κ2) is 13.1. The summed E-state index contributed by atoms with van der Waals surface area (Å²) < 4.78 is 9.29. The van der Waals surface area contributed by atoms with Gasteiger partial charge in [-0.3, -0.25) is 14.5 Å². The maximum atomic E-state index is 10.3. The highest BCUT2D eigenvalue weighted by Gasteiger charge is 2.50. The van der Waals surface area contributed by atoms with Crippen molar-refractivity contribution in [3.05, 3.63) is 102 Å². The highest BCUT2D eigenvalue weighted by molar-refractivity contribution is 5.89. The van der Waals surface area contributed by atoms with Gasteiger partial charge in [0, 0.05) is 16.6 Å². The number of benzene rings is 3. The monoisotopic (exact) mass is 628 g/mol. The van der Waals surface area contributed by atoms with E-state index >= 15 is 0 Å². The highest BCUT2D eigenvalue weighted by atomic mass is 16.5. The fraction of sp³-hybridized carbons (Fsp3) is 0.361. The summed E-state index contributed by atoms with van der Waals surface area (Å²) in [4.78, 5) is 32.9. The van der Waals surface area contributed by atoms with Crippen LogP contribution in [0.1, 0.15) is 55.3 Å². The summed E-state index contributed by atoms with van der Waals surface area (Å²) in [6.07, 6.45) is 2.91. The third-order valence-electron chi connectivity index (χ3n) is 9.49. The predicted molar refractivity (Wildman–Crippen MR) is 172 cm³/mol. The molecule has 0 saturated heterocycles. The van der Waals surface area contributed by atoms with E-state index < -0.39 is 36.4 Å². The van der Waals surface area contributed by atoms with E-state index in [1.807, 2.05) is 0 Å². The lowest BCUT2D eigenvalue weighted by atomic mass is 9.68. The molecule has 1 fully saturated rings. The molecule has 10 nitrogen and oxygen atoms in total. The van der Waals surface area contributed by atoms with Crippen LogP contribution in [0.5, 0.6) is 0 Å². The Kier molecular flexibility index (Phi) is 9.34. The summed E-state index contributed by atoms with van der Waals surface area (Å²) in [5, 5.41) is 35.2. The fourth-order valence-electron chi connectivity index (χ4n) is 7.21. The summed E-state index contributed by atoms with van der Waals surface area (Å²) in [5.41, 5.74) is 3.90. The van der Waals surface area contributed by atoms with E-state index in [1.165, 1.54) is 33.4 Å². The van der Waals surface area contributed by atoms with E-state index in [1.54, 1.807) is 0 Å². The fourth-order valence-corrected chi connectivity index (χ4v) is 7.21. The number of ether oxygens (including phenoxy) is 1. The van der Waals surface area contributed by atoms with Crippen molar-refractivity contribution in [2.45, 2.75) is 61.7 Å². The zero-order chi connectivity index (χ0) is 33.1. The molecule has 1 aliphatic carbocycles. The van der Waals surface area contributed by atoms with Crippen LogP contribution in [0, 0.1) is 0 Å². The number of para-hydroxylation sites is 2. The van der Waals surface area contributed by atoms with Gasteiger partial charge in [0.05, 0.1) is 30.7 Å². The number of hydrogen-bond donors (Lipinski definition) is 4. The summed E-state index contributed by atoms with van der Waals surface area (Å²) in [5.74, 6) is -5.02. The Morgan fingerprint density at radius 3 is 1.89 bits per heavy atom. The van der Waals surface area contributed by atoms with Gasteiger partial charge in [0.1, 0.15) is 5.60 Å². The second-order valence-electron chi connectivity index (χ2n) is 12.4. The van der Waals surface area contributed by atoms with Crippen LogP contribution in [0.15, 0.2) is 84.9 Å². The molecule has 0 amide bonds. The van der Waals surface area contributed by atoms with Crippen LogP contribution in [0.3, 0.4) is 0 Å². The lowest BCUT2D eigenvalue weighted by molar-refractivity contribution is -0.170. The van der Waals surface area contributed by atoms with Gasteiger partial charge in [0.15, 0.2) is 5.60 Å². The molecule has 242 valence electrons. The minimum Gasteiger partial charge on any atom is -0.481 e. The van der Waals surface area contributed by atoms with E-state index in [2.05, 4.69) is 108 Å². The number of aromatic nitrogens is 1. The van der Waals surface area contributed by atoms with E-state index in [0.717, 1.165) is 38.7 Å². The predicted octanol–water partition coefficient (Wildman–Crippen LogP) is 5.18. The number of carboxylic acid groups (broad SMARTS) is 3. The minimum atomic E-state index is -2.74. The molecule has 0 radical (unpaired) electrons. The molecule has 0 bridgehead atoms. The largest absolute Gasteiger partial charge is 0.481 e. The van der Waals surface area contributed by atoms with Gasteiger partial charge >= 0.3 is 17.9 Å². The Bertz CT molecular complexity index is 1690. The first kappa shape index (κ1) is 32.9. The number of aliphatic hydroxyl groups is 1. The van der Waals surface area contributed by atoms with Crippen molar-refractivity contribution in [2.75, 3.05) is 20.7 Å². The zero-order valence-corrected chi connectivity index (χ0v) is 26.1. The van der Waals surface area contributed by atoms with Gasteiger partial charge in [0.2, 0.25) is 0 Å². The number of nitrogens with zero attached hydrogens (tertiary/aromatic N) is 2. The van der Waals surface area contributed by atoms with Gasteiger partial charge in [-0.2, -0.15) is 0 Å². The van der Waals surface area contributed by atoms with Gasteiger partial charge in [-0.05, 0) is 75.5 Å². The van der Waals surface area contributed by atoms with Crippen molar-refractivity contribution >= 4 is 28.8 Å². The average Bonchev–Trinajstić information content (AvgIpc) is 3.38. The quantitative estimate of drug-likeness (QED) is 0.207. The normalized spacial score (nSPS) is 21.0. The van der Waals surface area contributed by atoms with Crippen LogP contribution in [0.25, 0.3) is 16.6 Å². The lowest BCUT2D eigenvalue weighted by Gasteiger charge is -2.51. The molecule has 1 spiro atoms. The first-order valence-electron chi connectivity index (χ1n) is 15.4. The molecule has 0 atom stereocenters. The molecular formula is C36H40N2O8. The molecule has 4 N–H and O–H groups in total. The number of hydrogen-bond acceptors (Lipinski definition) is 6. The summed E-state index contributed by atoms with van der Waals surface area (Å²) >= 11 is 0. The van der Waals surface area contributed by atoms with Gasteiger partial charge < -0.3 is 29.7 Å². The molecule has 3 aromatic carbocycles. The molecule has 2 heterocycles. The molecule has 1 aromatic heterocycles. The van der Waals surface area contributed by atoms with Gasteiger partial charge in [-0.1, -0.05) is 66.7 Å². The molecule has 4 aromatic rings. The number of aliphatic carboxylic acids is 3. The third kappa shape index (κ3) is 6.16. The zero-order valence-electron chi connectivity index (χ0n) is 26.1. The van der Waals surface area contributed by atoms with Gasteiger partial charge in [-0.15, -0.1) is 0 Å². The standard InChI is InChI=1S/C30H32N2O.C6H8O7/c1-31(2)29(23-11-5-3-6-12-23)18-20-30(21-19-29)28-26(17-22-33-30)25-15-9-10-16-27(25)32(28)24-13-7-4-8-14-24;7-3(8)1-6(13,5(11)12)2-4(9)10/h3-16H,17-22H2,1-2H3;13H,1-2H2,(H,7,8)(H,9,10)(H,11,12). The van der Waals surface area contributed by atoms with Crippen molar-refractivity contribution in [3.63, 3.8) is 0 Å². The number of fused-ring (bicyclic) bond motifs is 4. The summed E-state index contributed by atoms with van der Waals surface area (Å²) in [7, 11) is 4.47. The molecule has 2 aliphatic rings. The van der Waals surface area contributed by atoms with Crippen molar-refractivity contribution in [2.24, 2.45) is 0 Å². The first-order valence-corrected chi connectivity index (χ1v) is 15.4. The van der Waals surface area contributed by atoms with Crippen LogP contribution < -0.4 is 0 Å². The van der Waals surface area contributed by atoms with Crippen LogP contribution in [-0.4, -0.2) is 74.1 Å². The SMILES string of the molecule is CN(C)C1(c2ccccc2)CCC2(CC1)OCCc1c2n(-c2ccccc2)c2ccccc12.O=C(O)CC(O)(CC(=O)O)C(=O)O. The lowest BCUT2D eigenvalue weighted by Crippen LogP contribution is -2.50. The van der Waals surface area contributed by atoms with E-state index in [-0.39, 0.29) is 11.1 Å². The van der Waals surface area contributed by atoms with Crippen LogP contribution >= 0.6 is 0 Å². The molecule has 6 rings (SSSR count). The smallest absolute Gasteiger partial charge is 0.336 e. The Morgan fingerprint density at radius 2 is 1.35 bits per heavy atom. The average molecular weight is 629 g/mol. The van der Waals surface area contributed by atoms with Crippen molar-refractivity contribution in [1.82, 2.24) is 9.47 Å². The van der Waals surface area contributed by atoms with Crippen LogP contribution in [-0.2, 0) is 36.7 Å². The van der Waals surface area contributed by atoms with Crippen LogP contribution in [0.2, 0.25) is 0 Å². The maximum absolute atomic E-state index is 10.3. The van der Waals surface area contributed by atoms with E-state index in [9.17, 15) is 14.4 Å². The number of carbonyl (C=O) groups is 3. The Balaban J connectivity index is 0.000000274. The number of carboxylic acids is 3. The van der Waals surface area contributed by atoms with Crippen molar-refractivity contribution < 1.29 is 39.5 Å². The molecule has 1 aliphatic heterocycles. The topological polar surface area (TPSA) is 150 Å². The molecular weight excluding hydrogens is 588 g/mol. The summed E-state index contributed by atoms with van der Waals surface area (Å²) in [6.45, 7) is 0.802. The Hall–Kier alpha value is -4.51. The minimum absolute atomic E-state index is 0.0527. The molecule has 1 saturated carbocycles. The highest BCUT2D eigenvalue weighted by Crippen LogP contribution is 2.53. The van der Waals surface area contributed by atoms with Gasteiger partial charge in [-0.25, -0.2) is 4.79 Å². The maximum Gasteiger partial charge on any atom is 0.336 e.